The number of methoxy groups -OCH3 is 1. The lowest BCUT2D eigenvalue weighted by atomic mass is 10.3. The molecule has 0 radical (unpaired) electrons. The first-order valence-corrected chi connectivity index (χ1v) is 4.65. The predicted octanol–water partition coefficient (Wildman–Crippen LogP) is 0.780. The zero-order chi connectivity index (χ0) is 12.8. The van der Waals surface area contributed by atoms with Crippen LogP contribution in [-0.4, -0.2) is 19.0 Å². The molecular formula is C11H11FN2O3. The minimum atomic E-state index is -0.820. The molecule has 1 aromatic carbocycles. The van der Waals surface area contributed by atoms with E-state index in [4.69, 9.17) is 5.73 Å². The summed E-state index contributed by atoms with van der Waals surface area (Å²) >= 11 is 0. The van der Waals surface area contributed by atoms with Gasteiger partial charge in [-0.1, -0.05) is 0 Å². The molecule has 6 heteroatoms. The number of nitrogens with two attached hydrogens (primary N) is 1. The normalized spacial score (nSPS) is 10.8. The molecule has 0 saturated carbocycles. The van der Waals surface area contributed by atoms with Crippen molar-refractivity contribution in [2.24, 2.45) is 5.73 Å². The molecule has 3 N–H and O–H groups in total. The van der Waals surface area contributed by atoms with Crippen LogP contribution in [0.1, 0.15) is 0 Å². The average molecular weight is 238 g/mol. The number of carbonyl (C=O) groups is 2. The minimum Gasteiger partial charge on any atom is -0.466 e. The van der Waals surface area contributed by atoms with Gasteiger partial charge < -0.3 is 15.8 Å². The lowest BCUT2D eigenvalue weighted by Gasteiger charge is -2.07. The molecule has 0 fully saturated rings. The van der Waals surface area contributed by atoms with Crippen molar-refractivity contribution in [1.29, 1.82) is 0 Å². The highest BCUT2D eigenvalue weighted by Gasteiger charge is 2.08. The van der Waals surface area contributed by atoms with E-state index in [-0.39, 0.29) is 5.70 Å². The fourth-order valence-corrected chi connectivity index (χ4v) is 1.03. The van der Waals surface area contributed by atoms with E-state index < -0.39 is 17.7 Å². The first kappa shape index (κ1) is 12.7. The van der Waals surface area contributed by atoms with Crippen LogP contribution in [0.3, 0.4) is 0 Å². The molecule has 17 heavy (non-hydrogen) atoms. The molecule has 0 unspecified atom stereocenters. The Morgan fingerprint density at radius 1 is 1.35 bits per heavy atom. The fourth-order valence-electron chi connectivity index (χ4n) is 1.03. The van der Waals surface area contributed by atoms with Gasteiger partial charge in [0, 0.05) is 5.69 Å². The SMILES string of the molecule is COC(=O)/C=C(\Nc1ccc(F)cc1)C(N)=O. The Morgan fingerprint density at radius 3 is 2.41 bits per heavy atom. The van der Waals surface area contributed by atoms with E-state index in [2.05, 4.69) is 10.1 Å². The quantitative estimate of drug-likeness (QED) is 0.600. The number of hydrogen-bond acceptors (Lipinski definition) is 4. The van der Waals surface area contributed by atoms with Gasteiger partial charge in [-0.15, -0.1) is 0 Å². The van der Waals surface area contributed by atoms with E-state index >= 15 is 0 Å². The van der Waals surface area contributed by atoms with Crippen LogP contribution in [0.15, 0.2) is 36.0 Å². The number of primary amides is 1. The predicted molar refractivity (Wildman–Crippen MR) is 59.3 cm³/mol. The molecule has 0 atom stereocenters. The molecule has 0 aliphatic carbocycles. The Morgan fingerprint density at radius 2 is 1.94 bits per heavy atom. The molecule has 5 nitrogen and oxygen atoms in total. The number of benzene rings is 1. The van der Waals surface area contributed by atoms with Crippen molar-refractivity contribution in [3.8, 4) is 0 Å². The van der Waals surface area contributed by atoms with Crippen molar-refractivity contribution < 1.29 is 18.7 Å². The van der Waals surface area contributed by atoms with Gasteiger partial charge in [0.1, 0.15) is 11.5 Å². The van der Waals surface area contributed by atoms with Gasteiger partial charge in [-0.25, -0.2) is 9.18 Å². The highest BCUT2D eigenvalue weighted by molar-refractivity contribution is 6.00. The molecule has 0 bridgehead atoms. The first-order valence-electron chi connectivity index (χ1n) is 4.65. The summed E-state index contributed by atoms with van der Waals surface area (Å²) in [5.41, 5.74) is 5.36. The molecule has 0 heterocycles. The van der Waals surface area contributed by atoms with Crippen molar-refractivity contribution >= 4 is 17.6 Å². The minimum absolute atomic E-state index is 0.136. The topological polar surface area (TPSA) is 81.4 Å². The van der Waals surface area contributed by atoms with Crippen molar-refractivity contribution in [3.63, 3.8) is 0 Å². The van der Waals surface area contributed by atoms with Crippen molar-refractivity contribution in [1.82, 2.24) is 0 Å². The van der Waals surface area contributed by atoms with Crippen LogP contribution in [0, 0.1) is 5.82 Å². The number of nitrogens with one attached hydrogen (secondary N) is 1. The summed E-state index contributed by atoms with van der Waals surface area (Å²) in [7, 11) is 1.18. The maximum absolute atomic E-state index is 12.6. The average Bonchev–Trinajstić information content (AvgIpc) is 2.30. The third-order valence-electron chi connectivity index (χ3n) is 1.85. The molecule has 1 rings (SSSR count). The monoisotopic (exact) mass is 238 g/mol. The van der Waals surface area contributed by atoms with E-state index in [9.17, 15) is 14.0 Å². The molecule has 0 spiro atoms. The summed E-state index contributed by atoms with van der Waals surface area (Å²) < 4.78 is 17.0. The number of carbonyl (C=O) groups excluding carboxylic acids is 2. The van der Waals surface area contributed by atoms with Gasteiger partial charge in [0.2, 0.25) is 0 Å². The van der Waals surface area contributed by atoms with Crippen molar-refractivity contribution in [3.05, 3.63) is 41.9 Å². The van der Waals surface area contributed by atoms with Gasteiger partial charge in [0.05, 0.1) is 13.2 Å². The van der Waals surface area contributed by atoms with E-state index in [1.165, 1.54) is 31.4 Å². The number of ether oxygens (including phenoxy) is 1. The second-order valence-electron chi connectivity index (χ2n) is 3.08. The zero-order valence-corrected chi connectivity index (χ0v) is 9.07. The van der Waals surface area contributed by atoms with Crippen LogP contribution in [0.2, 0.25) is 0 Å². The third kappa shape index (κ3) is 3.94. The smallest absolute Gasteiger partial charge is 0.332 e. The number of halogens is 1. The number of anilines is 1. The zero-order valence-electron chi connectivity index (χ0n) is 9.07. The standard InChI is InChI=1S/C11H11FN2O3/c1-17-10(15)6-9(11(13)16)14-8-4-2-7(12)3-5-8/h2-6,14H,1H3,(H2,13,16)/b9-6-. The summed E-state index contributed by atoms with van der Waals surface area (Å²) in [6.45, 7) is 0. The molecule has 1 aromatic rings. The highest BCUT2D eigenvalue weighted by Crippen LogP contribution is 2.11. The number of rotatable bonds is 4. The van der Waals surface area contributed by atoms with E-state index in [0.717, 1.165) is 6.08 Å². The Kier molecular flexibility index (Phi) is 4.21. The largest absolute Gasteiger partial charge is 0.466 e. The summed E-state index contributed by atoms with van der Waals surface area (Å²) in [6.07, 6.45) is 0.922. The van der Waals surface area contributed by atoms with Crippen LogP contribution in [-0.2, 0) is 14.3 Å². The molecule has 1 amide bonds. The summed E-state index contributed by atoms with van der Waals surface area (Å²) in [4.78, 5) is 22.0. The Bertz CT molecular complexity index is 454. The maximum atomic E-state index is 12.6. The fraction of sp³-hybridized carbons (Fsp3) is 0.0909. The van der Waals surface area contributed by atoms with Gasteiger partial charge in [-0.2, -0.15) is 0 Å². The molecule has 0 aliphatic rings. The van der Waals surface area contributed by atoms with Crippen molar-refractivity contribution in [2.75, 3.05) is 12.4 Å². The lowest BCUT2D eigenvalue weighted by molar-refractivity contribution is -0.135. The molecule has 0 aromatic heterocycles. The van der Waals surface area contributed by atoms with Crippen LogP contribution in [0.5, 0.6) is 0 Å². The molecule has 0 saturated heterocycles. The van der Waals surface area contributed by atoms with E-state index in [1.807, 2.05) is 0 Å². The number of hydrogen-bond donors (Lipinski definition) is 2. The first-order chi connectivity index (χ1) is 8.02. The van der Waals surface area contributed by atoms with Gasteiger partial charge in [-0.05, 0) is 24.3 Å². The van der Waals surface area contributed by atoms with Gasteiger partial charge >= 0.3 is 5.97 Å². The summed E-state index contributed by atoms with van der Waals surface area (Å²) in [5.74, 6) is -1.94. The van der Waals surface area contributed by atoms with E-state index in [0.29, 0.717) is 5.69 Å². The second kappa shape index (κ2) is 5.64. The Hall–Kier alpha value is -2.37. The molecule has 90 valence electrons. The van der Waals surface area contributed by atoms with Gasteiger partial charge in [-0.3, -0.25) is 4.79 Å². The third-order valence-corrected chi connectivity index (χ3v) is 1.85. The van der Waals surface area contributed by atoms with Crippen LogP contribution in [0.4, 0.5) is 10.1 Å². The van der Waals surface area contributed by atoms with E-state index in [1.54, 1.807) is 0 Å². The molecule has 0 aliphatic heterocycles. The number of esters is 1. The maximum Gasteiger partial charge on any atom is 0.332 e. The number of amides is 1. The van der Waals surface area contributed by atoms with Crippen LogP contribution < -0.4 is 11.1 Å². The summed E-state index contributed by atoms with van der Waals surface area (Å²) in [5, 5.41) is 2.59. The van der Waals surface area contributed by atoms with Crippen LogP contribution >= 0.6 is 0 Å². The van der Waals surface area contributed by atoms with Crippen molar-refractivity contribution in [2.45, 2.75) is 0 Å². The summed E-state index contributed by atoms with van der Waals surface area (Å²) in [6, 6.07) is 5.23. The van der Waals surface area contributed by atoms with Crippen LogP contribution in [0.25, 0.3) is 0 Å². The molecular weight excluding hydrogens is 227 g/mol. The lowest BCUT2D eigenvalue weighted by Crippen LogP contribution is -2.21. The Balaban J connectivity index is 2.88. The van der Waals surface area contributed by atoms with Gasteiger partial charge in [0.25, 0.3) is 5.91 Å². The highest BCUT2D eigenvalue weighted by atomic mass is 19.1. The Labute approximate surface area is 97.1 Å². The second-order valence-corrected chi connectivity index (χ2v) is 3.08. The van der Waals surface area contributed by atoms with Gasteiger partial charge in [0.15, 0.2) is 0 Å².